The number of rotatable bonds is 12. The first-order valence-corrected chi connectivity index (χ1v) is 21.7. The van der Waals surface area contributed by atoms with Crippen LogP contribution in [-0.4, -0.2) is 163 Å². The Hall–Kier alpha value is -6.58. The molecule has 6 rings (SSSR count). The smallest absolute Gasteiger partial charge is 0.434 e. The molecule has 1 N–H and O–H groups in total. The summed E-state index contributed by atoms with van der Waals surface area (Å²) in [6, 6.07) is 17.9. The van der Waals surface area contributed by atoms with E-state index in [1.807, 2.05) is 40.1 Å². The molecule has 0 aliphatic carbocycles. The SMILES string of the molecule is CC(C)(C)OC(=O)Cn1ccc(-c2ccccc2CN2CCN(C(=O)OC(C(F)(F)F)C(F)(F)F)CC2)n1.O=C(O)Cn1ccc(-c2ccccc2CN2CCN(C(=O)OC(C(F)(F)F)C(F)(F)F)CC2)n1. The molecule has 2 fully saturated rings. The Morgan fingerprint density at radius 3 is 1.22 bits per heavy atom. The number of nitrogens with zero attached hydrogens (tertiary/aromatic N) is 8. The third kappa shape index (κ3) is 16.5. The molecule has 0 bridgehead atoms. The highest BCUT2D eigenvalue weighted by atomic mass is 19.4. The van der Waals surface area contributed by atoms with Gasteiger partial charge in [0, 0.05) is 89.0 Å². The largest absolute Gasteiger partial charge is 0.480 e. The molecule has 2 aromatic heterocycles. The molecule has 0 atom stereocenters. The van der Waals surface area contributed by atoms with Gasteiger partial charge in [0.05, 0.1) is 11.4 Å². The van der Waals surface area contributed by atoms with Gasteiger partial charge in [-0.05, 0) is 44.0 Å². The van der Waals surface area contributed by atoms with Crippen LogP contribution in [0.4, 0.5) is 62.3 Å². The van der Waals surface area contributed by atoms with E-state index in [4.69, 9.17) is 9.84 Å². The first-order valence-electron chi connectivity index (χ1n) is 21.7. The predicted octanol–water partition coefficient (Wildman–Crippen LogP) is 8.02. The van der Waals surface area contributed by atoms with E-state index >= 15 is 0 Å². The summed E-state index contributed by atoms with van der Waals surface area (Å²) < 4.78 is 168. The van der Waals surface area contributed by atoms with Crippen LogP contribution >= 0.6 is 0 Å². The number of hydrogen-bond acceptors (Lipinski definition) is 11. The minimum Gasteiger partial charge on any atom is -0.480 e. The van der Waals surface area contributed by atoms with Gasteiger partial charge in [0.15, 0.2) is 0 Å². The molecule has 16 nitrogen and oxygen atoms in total. The summed E-state index contributed by atoms with van der Waals surface area (Å²) in [6.07, 6.45) is -31.6. The molecule has 0 unspecified atom stereocenters. The van der Waals surface area contributed by atoms with Crippen molar-refractivity contribution in [3.8, 4) is 22.5 Å². The van der Waals surface area contributed by atoms with E-state index in [9.17, 15) is 71.9 Å². The second kappa shape index (κ2) is 22.9. The first-order chi connectivity index (χ1) is 33.4. The molecular formula is C44H48F12N8O8. The van der Waals surface area contributed by atoms with E-state index in [1.54, 1.807) is 57.3 Å². The van der Waals surface area contributed by atoms with Crippen molar-refractivity contribution in [3.63, 3.8) is 0 Å². The highest BCUT2D eigenvalue weighted by Gasteiger charge is 2.61. The number of ether oxygens (including phenoxy) is 3. The van der Waals surface area contributed by atoms with E-state index in [1.165, 1.54) is 15.6 Å². The van der Waals surface area contributed by atoms with E-state index in [0.717, 1.165) is 32.1 Å². The fourth-order valence-electron chi connectivity index (χ4n) is 7.30. The normalized spacial score (nSPS) is 15.6. The number of hydrogen-bond donors (Lipinski definition) is 1. The van der Waals surface area contributed by atoms with Crippen LogP contribution in [0.25, 0.3) is 22.5 Å². The molecule has 2 saturated heterocycles. The summed E-state index contributed by atoms with van der Waals surface area (Å²) in [7, 11) is 0. The van der Waals surface area contributed by atoms with Crippen LogP contribution in [0.2, 0.25) is 0 Å². The van der Waals surface area contributed by atoms with E-state index in [-0.39, 0.29) is 65.4 Å². The van der Waals surface area contributed by atoms with Crippen LogP contribution < -0.4 is 0 Å². The van der Waals surface area contributed by atoms with Crippen molar-refractivity contribution in [2.45, 2.75) is 89.5 Å². The number of amides is 2. The Kier molecular flexibility index (Phi) is 17.9. The predicted molar refractivity (Wildman–Crippen MR) is 227 cm³/mol. The van der Waals surface area contributed by atoms with E-state index in [2.05, 4.69) is 19.7 Å². The fourth-order valence-corrected chi connectivity index (χ4v) is 7.30. The summed E-state index contributed by atoms with van der Waals surface area (Å²) in [5.41, 5.74) is 3.75. The van der Waals surface area contributed by atoms with Gasteiger partial charge in [-0.15, -0.1) is 0 Å². The number of carboxylic acid groups (broad SMARTS) is 1. The summed E-state index contributed by atoms with van der Waals surface area (Å²) in [5, 5.41) is 17.6. The molecule has 0 saturated carbocycles. The summed E-state index contributed by atoms with van der Waals surface area (Å²) in [6.45, 7) is 6.06. The van der Waals surface area contributed by atoms with Gasteiger partial charge in [0.2, 0.25) is 0 Å². The Morgan fingerprint density at radius 2 is 0.889 bits per heavy atom. The Labute approximate surface area is 402 Å². The minimum atomic E-state index is -5.77. The van der Waals surface area contributed by atoms with Gasteiger partial charge in [-0.2, -0.15) is 62.9 Å². The van der Waals surface area contributed by atoms with E-state index < -0.39 is 66.6 Å². The monoisotopic (exact) mass is 1040 g/mol. The van der Waals surface area contributed by atoms with E-state index in [0.29, 0.717) is 24.5 Å². The van der Waals surface area contributed by atoms with Crippen molar-refractivity contribution in [1.29, 1.82) is 0 Å². The lowest BCUT2D eigenvalue weighted by Crippen LogP contribution is -2.52. The fraction of sp³-hybridized carbons (Fsp3) is 0.500. The number of carbonyl (C=O) groups is 4. The maximum atomic E-state index is 12.7. The van der Waals surface area contributed by atoms with Gasteiger partial charge >= 0.3 is 48.8 Å². The number of aromatic nitrogens is 4. The first kappa shape index (κ1) is 56.3. The van der Waals surface area contributed by atoms with Crippen LogP contribution in [0.1, 0.15) is 31.9 Å². The summed E-state index contributed by atoms with van der Waals surface area (Å²) >= 11 is 0. The topological polar surface area (TPSA) is 165 Å². The lowest BCUT2D eigenvalue weighted by atomic mass is 10.0. The average molecular weight is 1040 g/mol. The zero-order chi connectivity index (χ0) is 53.4. The number of piperazine rings is 2. The lowest BCUT2D eigenvalue weighted by molar-refractivity contribution is -0.309. The average Bonchev–Trinajstić information content (AvgIpc) is 3.93. The summed E-state index contributed by atoms with van der Waals surface area (Å²) in [5.74, 6) is -1.48. The molecule has 72 heavy (non-hydrogen) atoms. The molecule has 0 radical (unpaired) electrons. The molecule has 4 heterocycles. The molecule has 396 valence electrons. The number of alkyl halides is 12. The molecule has 4 aromatic rings. The van der Waals surface area contributed by atoms with Crippen molar-refractivity contribution in [1.82, 2.24) is 39.2 Å². The van der Waals surface area contributed by atoms with Crippen LogP contribution in [-0.2, 0) is 50.0 Å². The third-order valence-corrected chi connectivity index (χ3v) is 10.6. The number of carboxylic acids is 1. The molecular weight excluding hydrogens is 997 g/mol. The molecule has 2 amide bonds. The Balaban J connectivity index is 0.000000269. The maximum Gasteiger partial charge on any atom is 0.434 e. The van der Waals surface area contributed by atoms with Crippen LogP contribution in [0, 0.1) is 0 Å². The van der Waals surface area contributed by atoms with Crippen LogP contribution in [0.3, 0.4) is 0 Å². The Morgan fingerprint density at radius 1 is 0.542 bits per heavy atom. The number of carbonyl (C=O) groups excluding carboxylic acids is 3. The van der Waals surface area contributed by atoms with Gasteiger partial charge in [0.25, 0.3) is 12.2 Å². The maximum absolute atomic E-state index is 12.7. The molecule has 28 heteroatoms. The number of halogens is 12. The van der Waals surface area contributed by atoms with Crippen molar-refractivity contribution >= 4 is 24.1 Å². The van der Waals surface area contributed by atoms with Gasteiger partial charge < -0.3 is 29.1 Å². The second-order valence-electron chi connectivity index (χ2n) is 17.3. The van der Waals surface area contributed by atoms with Gasteiger partial charge in [0.1, 0.15) is 18.7 Å². The zero-order valence-electron chi connectivity index (χ0n) is 38.5. The van der Waals surface area contributed by atoms with Crippen molar-refractivity contribution in [2.24, 2.45) is 0 Å². The molecule has 2 aliphatic heterocycles. The van der Waals surface area contributed by atoms with Crippen LogP contribution in [0.15, 0.2) is 73.1 Å². The highest BCUT2D eigenvalue weighted by molar-refractivity contribution is 5.71. The van der Waals surface area contributed by atoms with Crippen molar-refractivity contribution in [3.05, 3.63) is 84.2 Å². The Bertz CT molecular complexity index is 2440. The standard InChI is InChI=1S/C24H28F6N4O4.C20H20F6N4O4/c1-22(2,3)38-19(35)15-34-9-8-18(31-34)17-7-5-4-6-16(17)14-32-10-12-33(13-11-32)21(36)37-20(23(25,26)27)24(28,29)30;21-19(22,23)17(20(24,25)26)34-18(33)29-9-7-28(8-10-29)11-13-3-1-2-4-14(13)15-5-6-30(27-15)12-16(31)32/h4-9,20H,10-15H2,1-3H3;1-6,17H,7-12H2,(H,31,32). The minimum absolute atomic E-state index is 0.0684. The zero-order valence-corrected chi connectivity index (χ0v) is 38.5. The highest BCUT2D eigenvalue weighted by Crippen LogP contribution is 2.37. The molecule has 2 aromatic carbocycles. The number of benzene rings is 2. The van der Waals surface area contributed by atoms with Gasteiger partial charge in [-0.3, -0.25) is 28.8 Å². The number of esters is 1. The molecule has 2 aliphatic rings. The quantitative estimate of drug-likeness (QED) is 0.0827. The third-order valence-electron chi connectivity index (χ3n) is 10.6. The number of aliphatic carboxylic acids is 1. The molecule has 0 spiro atoms. The van der Waals surface area contributed by atoms with Gasteiger partial charge in [-0.25, -0.2) is 9.59 Å². The van der Waals surface area contributed by atoms with Crippen molar-refractivity contribution < 1.29 is 91.2 Å². The lowest BCUT2D eigenvalue weighted by Gasteiger charge is -2.35. The summed E-state index contributed by atoms with van der Waals surface area (Å²) in [4.78, 5) is 52.3. The second-order valence-corrected chi connectivity index (χ2v) is 17.3. The van der Waals surface area contributed by atoms with Crippen LogP contribution in [0.5, 0.6) is 0 Å². The van der Waals surface area contributed by atoms with Gasteiger partial charge in [-0.1, -0.05) is 48.5 Å². The van der Waals surface area contributed by atoms with Crippen molar-refractivity contribution in [2.75, 3.05) is 52.4 Å².